The highest BCUT2D eigenvalue weighted by Gasteiger charge is 2.28. The summed E-state index contributed by atoms with van der Waals surface area (Å²) in [6, 6.07) is 7.42. The van der Waals surface area contributed by atoms with Gasteiger partial charge < -0.3 is 20.1 Å². The van der Waals surface area contributed by atoms with Gasteiger partial charge in [-0.05, 0) is 57.7 Å². The van der Waals surface area contributed by atoms with E-state index >= 15 is 0 Å². The van der Waals surface area contributed by atoms with Crippen molar-refractivity contribution < 1.29 is 19.1 Å². The average molecular weight is 383 g/mol. The molecular formula is C19H27ClN2O4. The van der Waals surface area contributed by atoms with Crippen LogP contribution in [0.5, 0.6) is 0 Å². The summed E-state index contributed by atoms with van der Waals surface area (Å²) in [5.74, 6) is -0.116. The van der Waals surface area contributed by atoms with Gasteiger partial charge in [0, 0.05) is 11.6 Å². The molecule has 144 valence electrons. The van der Waals surface area contributed by atoms with Crippen molar-refractivity contribution >= 4 is 23.6 Å². The molecule has 1 aromatic rings. The van der Waals surface area contributed by atoms with Crippen molar-refractivity contribution in [3.63, 3.8) is 0 Å². The zero-order chi connectivity index (χ0) is 19.2. The van der Waals surface area contributed by atoms with Crippen LogP contribution in [0.25, 0.3) is 0 Å². The molecule has 0 spiro atoms. The Morgan fingerprint density at radius 3 is 2.50 bits per heavy atom. The molecule has 1 heterocycles. The third kappa shape index (κ3) is 7.22. The first-order chi connectivity index (χ1) is 12.2. The second kappa shape index (κ2) is 9.24. The number of nitrogens with one attached hydrogen (secondary N) is 2. The smallest absolute Gasteiger partial charge is 0.407 e. The lowest BCUT2D eigenvalue weighted by atomic mass is 10.0. The molecule has 2 rings (SSSR count). The normalized spacial score (nSPS) is 20.3. The van der Waals surface area contributed by atoms with Crippen LogP contribution >= 0.6 is 11.6 Å². The Morgan fingerprint density at radius 1 is 1.23 bits per heavy atom. The zero-order valence-electron chi connectivity index (χ0n) is 15.5. The maximum atomic E-state index is 12.2. The number of carbonyl (C=O) groups excluding carboxylic acids is 2. The van der Waals surface area contributed by atoms with Gasteiger partial charge in [-0.25, -0.2) is 4.79 Å². The summed E-state index contributed by atoms with van der Waals surface area (Å²) in [7, 11) is 0. The molecule has 1 aromatic carbocycles. The summed E-state index contributed by atoms with van der Waals surface area (Å²) >= 11 is 5.85. The summed E-state index contributed by atoms with van der Waals surface area (Å²) in [5.41, 5.74) is 0.576. The van der Waals surface area contributed by atoms with E-state index in [-0.39, 0.29) is 11.9 Å². The van der Waals surface area contributed by atoms with Gasteiger partial charge in [-0.3, -0.25) is 4.79 Å². The van der Waals surface area contributed by atoms with E-state index in [2.05, 4.69) is 10.6 Å². The Morgan fingerprint density at radius 2 is 1.92 bits per heavy atom. The molecule has 0 radical (unpaired) electrons. The molecule has 2 amide bonds. The van der Waals surface area contributed by atoms with Crippen molar-refractivity contribution in [3.05, 3.63) is 34.9 Å². The third-order valence-electron chi connectivity index (χ3n) is 3.92. The number of hydrogen-bond donors (Lipinski definition) is 2. The fourth-order valence-corrected chi connectivity index (χ4v) is 2.77. The van der Waals surface area contributed by atoms with Gasteiger partial charge >= 0.3 is 6.09 Å². The van der Waals surface area contributed by atoms with E-state index in [4.69, 9.17) is 21.1 Å². The highest BCUT2D eigenvalue weighted by Crippen LogP contribution is 2.15. The maximum absolute atomic E-state index is 12.2. The lowest BCUT2D eigenvalue weighted by Gasteiger charge is -2.29. The monoisotopic (exact) mass is 382 g/mol. The van der Waals surface area contributed by atoms with Gasteiger partial charge in [0.25, 0.3) is 0 Å². The molecule has 26 heavy (non-hydrogen) atoms. The average Bonchev–Trinajstić information content (AvgIpc) is 2.55. The fourth-order valence-electron chi connectivity index (χ4n) is 2.64. The Bertz CT molecular complexity index is 605. The topological polar surface area (TPSA) is 76.7 Å². The van der Waals surface area contributed by atoms with Gasteiger partial charge in [0.1, 0.15) is 11.7 Å². The number of hydrogen-bond acceptors (Lipinski definition) is 4. The van der Waals surface area contributed by atoms with Crippen LogP contribution < -0.4 is 10.6 Å². The van der Waals surface area contributed by atoms with Crippen LogP contribution in [-0.4, -0.2) is 42.9 Å². The van der Waals surface area contributed by atoms with Crippen molar-refractivity contribution in [2.45, 2.75) is 57.8 Å². The van der Waals surface area contributed by atoms with Crippen LogP contribution in [0.4, 0.5) is 4.79 Å². The minimum atomic E-state index is -0.536. The summed E-state index contributed by atoms with van der Waals surface area (Å²) in [4.78, 5) is 24.0. The van der Waals surface area contributed by atoms with E-state index in [0.717, 1.165) is 12.0 Å². The van der Waals surface area contributed by atoms with E-state index < -0.39 is 17.8 Å². The number of rotatable bonds is 5. The van der Waals surface area contributed by atoms with Crippen LogP contribution in [0.15, 0.2) is 24.3 Å². The minimum Gasteiger partial charge on any atom is -0.444 e. The standard InChI is InChI=1S/C19H27ClN2O4/c1-19(2,3)26-18(24)22-15-8-9-16(25-12-15)17(23)21-11-10-13-4-6-14(20)7-5-13/h4-7,15-16H,8-12H2,1-3H3,(H,21,23)(H,22,24)/t15-,16+/m1/s1. The lowest BCUT2D eigenvalue weighted by molar-refractivity contribution is -0.136. The molecule has 1 saturated heterocycles. The molecule has 6 nitrogen and oxygen atoms in total. The molecule has 7 heteroatoms. The molecule has 1 aliphatic heterocycles. The van der Waals surface area contributed by atoms with Crippen molar-refractivity contribution in [2.24, 2.45) is 0 Å². The number of carbonyl (C=O) groups is 2. The molecule has 2 N–H and O–H groups in total. The Balaban J connectivity index is 1.66. The predicted octanol–water partition coefficient (Wildman–Crippen LogP) is 3.07. The SMILES string of the molecule is CC(C)(C)OC(=O)N[C@@H]1CC[C@@H](C(=O)NCCc2ccc(Cl)cc2)OC1. The molecule has 0 aliphatic carbocycles. The molecule has 0 bridgehead atoms. The highest BCUT2D eigenvalue weighted by molar-refractivity contribution is 6.30. The maximum Gasteiger partial charge on any atom is 0.407 e. The molecule has 2 atom stereocenters. The van der Waals surface area contributed by atoms with Crippen LogP contribution in [0.1, 0.15) is 39.2 Å². The molecule has 0 aromatic heterocycles. The summed E-state index contributed by atoms with van der Waals surface area (Å²) in [6.45, 7) is 6.28. The number of ether oxygens (including phenoxy) is 2. The molecule has 0 saturated carbocycles. The number of benzene rings is 1. The van der Waals surface area contributed by atoms with E-state index in [9.17, 15) is 9.59 Å². The van der Waals surface area contributed by atoms with Gasteiger partial charge in [-0.2, -0.15) is 0 Å². The third-order valence-corrected chi connectivity index (χ3v) is 4.17. The Hall–Kier alpha value is -1.79. The van der Waals surface area contributed by atoms with Gasteiger partial charge in [-0.1, -0.05) is 23.7 Å². The van der Waals surface area contributed by atoms with E-state index in [1.54, 1.807) is 0 Å². The molecule has 0 unspecified atom stereocenters. The summed E-state index contributed by atoms with van der Waals surface area (Å²) in [5, 5.41) is 6.37. The van der Waals surface area contributed by atoms with Crippen LogP contribution in [-0.2, 0) is 20.7 Å². The second-order valence-corrected chi connectivity index (χ2v) is 7.85. The minimum absolute atomic E-state index is 0.116. The summed E-state index contributed by atoms with van der Waals surface area (Å²) in [6.07, 6.45) is 1.04. The van der Waals surface area contributed by atoms with Gasteiger partial charge in [0.05, 0.1) is 12.6 Å². The van der Waals surface area contributed by atoms with Crippen molar-refractivity contribution in [1.82, 2.24) is 10.6 Å². The Kier molecular flexibility index (Phi) is 7.29. The highest BCUT2D eigenvalue weighted by atomic mass is 35.5. The fraction of sp³-hybridized carbons (Fsp3) is 0.579. The van der Waals surface area contributed by atoms with E-state index in [0.29, 0.717) is 31.0 Å². The number of halogens is 1. The zero-order valence-corrected chi connectivity index (χ0v) is 16.3. The van der Waals surface area contributed by atoms with Crippen molar-refractivity contribution in [2.75, 3.05) is 13.2 Å². The van der Waals surface area contributed by atoms with Gasteiger partial charge in [0.15, 0.2) is 0 Å². The molecule has 1 fully saturated rings. The largest absolute Gasteiger partial charge is 0.444 e. The van der Waals surface area contributed by atoms with Crippen LogP contribution in [0, 0.1) is 0 Å². The van der Waals surface area contributed by atoms with Crippen molar-refractivity contribution in [3.8, 4) is 0 Å². The molecule has 1 aliphatic rings. The quantitative estimate of drug-likeness (QED) is 0.820. The first-order valence-electron chi connectivity index (χ1n) is 8.86. The Labute approximate surface area is 159 Å². The van der Waals surface area contributed by atoms with Crippen molar-refractivity contribution in [1.29, 1.82) is 0 Å². The van der Waals surface area contributed by atoms with Crippen LogP contribution in [0.3, 0.4) is 0 Å². The molecular weight excluding hydrogens is 356 g/mol. The number of alkyl carbamates (subject to hydrolysis) is 1. The van der Waals surface area contributed by atoms with E-state index in [1.165, 1.54) is 0 Å². The lowest BCUT2D eigenvalue weighted by Crippen LogP contribution is -2.48. The number of amides is 2. The first kappa shape index (κ1) is 20.5. The van der Waals surface area contributed by atoms with Gasteiger partial charge in [-0.15, -0.1) is 0 Å². The predicted molar refractivity (Wildman–Crippen MR) is 100 cm³/mol. The second-order valence-electron chi connectivity index (χ2n) is 7.41. The van der Waals surface area contributed by atoms with Crippen LogP contribution in [0.2, 0.25) is 5.02 Å². The first-order valence-corrected chi connectivity index (χ1v) is 9.24. The van der Waals surface area contributed by atoms with Gasteiger partial charge in [0.2, 0.25) is 5.91 Å². The van der Waals surface area contributed by atoms with E-state index in [1.807, 2.05) is 45.0 Å². The summed E-state index contributed by atoms with van der Waals surface area (Å²) < 4.78 is 10.8.